The van der Waals surface area contributed by atoms with Crippen LogP contribution in [0.1, 0.15) is 28.3 Å². The standard InChI is InChI=1S/C24H26N2O3S/c1-18-11-10-16-22(19(18)2)26(30(3,28)29)17-23(27)25-24(20-12-6-4-7-13-20)21-14-8-5-9-15-21/h4-16,24H,17H2,1-3H3,(H,25,27). The van der Waals surface area contributed by atoms with Gasteiger partial charge < -0.3 is 5.32 Å². The van der Waals surface area contributed by atoms with Crippen LogP contribution >= 0.6 is 0 Å². The van der Waals surface area contributed by atoms with E-state index in [2.05, 4.69) is 5.32 Å². The summed E-state index contributed by atoms with van der Waals surface area (Å²) in [6.45, 7) is 3.48. The van der Waals surface area contributed by atoms with Crippen molar-refractivity contribution in [3.05, 3.63) is 101 Å². The van der Waals surface area contributed by atoms with Crippen molar-refractivity contribution in [2.24, 2.45) is 0 Å². The summed E-state index contributed by atoms with van der Waals surface area (Å²) in [5.41, 5.74) is 4.17. The van der Waals surface area contributed by atoms with Gasteiger partial charge in [0.1, 0.15) is 6.54 Å². The number of sulfonamides is 1. The number of hydrogen-bond donors (Lipinski definition) is 1. The molecule has 0 bridgehead atoms. The van der Waals surface area contributed by atoms with Crippen LogP contribution in [0.4, 0.5) is 5.69 Å². The Morgan fingerprint density at radius 2 is 1.40 bits per heavy atom. The van der Waals surface area contributed by atoms with Crippen LogP contribution in [0.3, 0.4) is 0 Å². The number of benzene rings is 3. The molecule has 0 aliphatic rings. The molecule has 0 saturated carbocycles. The lowest BCUT2D eigenvalue weighted by atomic mass is 9.99. The van der Waals surface area contributed by atoms with Crippen LogP contribution < -0.4 is 9.62 Å². The summed E-state index contributed by atoms with van der Waals surface area (Å²) < 4.78 is 26.2. The lowest BCUT2D eigenvalue weighted by Gasteiger charge is -2.26. The van der Waals surface area contributed by atoms with Crippen LogP contribution in [0.2, 0.25) is 0 Å². The fourth-order valence-corrected chi connectivity index (χ4v) is 4.28. The van der Waals surface area contributed by atoms with E-state index in [-0.39, 0.29) is 18.5 Å². The van der Waals surface area contributed by atoms with Gasteiger partial charge in [-0.2, -0.15) is 0 Å². The normalized spacial score (nSPS) is 11.3. The van der Waals surface area contributed by atoms with Gasteiger partial charge in [0, 0.05) is 0 Å². The summed E-state index contributed by atoms with van der Waals surface area (Å²) in [5, 5.41) is 3.01. The molecule has 3 aromatic carbocycles. The Balaban J connectivity index is 1.90. The van der Waals surface area contributed by atoms with E-state index in [1.807, 2.05) is 80.6 Å². The van der Waals surface area contributed by atoms with Crippen LogP contribution in [0.15, 0.2) is 78.9 Å². The summed E-state index contributed by atoms with van der Waals surface area (Å²) in [5.74, 6) is -0.376. The molecule has 0 aromatic heterocycles. The number of aryl methyl sites for hydroxylation is 1. The number of nitrogens with one attached hydrogen (secondary N) is 1. The monoisotopic (exact) mass is 422 g/mol. The first-order valence-electron chi connectivity index (χ1n) is 9.70. The molecule has 0 atom stereocenters. The van der Waals surface area contributed by atoms with Crippen molar-refractivity contribution in [2.45, 2.75) is 19.9 Å². The number of nitrogens with zero attached hydrogens (tertiary/aromatic N) is 1. The van der Waals surface area contributed by atoms with E-state index in [1.54, 1.807) is 12.1 Å². The van der Waals surface area contributed by atoms with Crippen molar-refractivity contribution >= 4 is 21.6 Å². The largest absolute Gasteiger partial charge is 0.344 e. The van der Waals surface area contributed by atoms with Crippen LogP contribution in [0.25, 0.3) is 0 Å². The van der Waals surface area contributed by atoms with E-state index in [1.165, 1.54) is 0 Å². The molecule has 1 amide bonds. The third kappa shape index (κ3) is 5.07. The first-order chi connectivity index (χ1) is 14.3. The molecule has 30 heavy (non-hydrogen) atoms. The minimum atomic E-state index is -3.64. The SMILES string of the molecule is Cc1cccc(N(CC(=O)NC(c2ccccc2)c2ccccc2)S(C)(=O)=O)c1C. The third-order valence-corrected chi connectivity index (χ3v) is 6.23. The van der Waals surface area contributed by atoms with E-state index in [0.717, 1.165) is 32.8 Å². The quantitative estimate of drug-likeness (QED) is 0.626. The van der Waals surface area contributed by atoms with Crippen molar-refractivity contribution in [1.82, 2.24) is 5.32 Å². The van der Waals surface area contributed by atoms with E-state index < -0.39 is 10.0 Å². The smallest absolute Gasteiger partial charge is 0.241 e. The highest BCUT2D eigenvalue weighted by Gasteiger charge is 2.25. The second-order valence-electron chi connectivity index (χ2n) is 7.31. The molecular formula is C24H26N2O3S. The van der Waals surface area contributed by atoms with Crippen molar-refractivity contribution in [1.29, 1.82) is 0 Å². The van der Waals surface area contributed by atoms with Crippen LogP contribution in [-0.2, 0) is 14.8 Å². The van der Waals surface area contributed by atoms with E-state index in [9.17, 15) is 13.2 Å². The average molecular weight is 423 g/mol. The maximum atomic E-state index is 13.0. The molecule has 1 N–H and O–H groups in total. The Labute approximate surface area is 178 Å². The first-order valence-corrected chi connectivity index (χ1v) is 11.6. The summed E-state index contributed by atoms with van der Waals surface area (Å²) in [6, 6.07) is 24.3. The van der Waals surface area contributed by atoms with Crippen molar-refractivity contribution in [3.8, 4) is 0 Å². The van der Waals surface area contributed by atoms with Crippen LogP contribution in [0, 0.1) is 13.8 Å². The summed E-state index contributed by atoms with van der Waals surface area (Å²) in [4.78, 5) is 13.0. The van der Waals surface area contributed by atoms with Crippen molar-refractivity contribution in [3.63, 3.8) is 0 Å². The fourth-order valence-electron chi connectivity index (χ4n) is 3.37. The first kappa shape index (κ1) is 21.6. The molecule has 3 rings (SSSR count). The van der Waals surface area contributed by atoms with Gasteiger partial charge in [0.2, 0.25) is 15.9 Å². The van der Waals surface area contributed by atoms with E-state index in [0.29, 0.717) is 5.69 Å². The van der Waals surface area contributed by atoms with Gasteiger partial charge in [-0.1, -0.05) is 72.8 Å². The molecule has 0 unspecified atom stereocenters. The van der Waals surface area contributed by atoms with Gasteiger partial charge in [-0.05, 0) is 42.2 Å². The maximum absolute atomic E-state index is 13.0. The van der Waals surface area contributed by atoms with Gasteiger partial charge in [0.25, 0.3) is 0 Å². The van der Waals surface area contributed by atoms with Crippen LogP contribution in [-0.4, -0.2) is 27.1 Å². The number of hydrogen-bond acceptors (Lipinski definition) is 3. The van der Waals surface area contributed by atoms with Crippen molar-refractivity contribution < 1.29 is 13.2 Å². The zero-order valence-electron chi connectivity index (χ0n) is 17.4. The Hall–Kier alpha value is -3.12. The molecule has 0 fully saturated rings. The molecule has 6 heteroatoms. The zero-order chi connectivity index (χ0) is 21.7. The molecule has 0 heterocycles. The Bertz CT molecular complexity index is 1070. The van der Waals surface area contributed by atoms with E-state index in [4.69, 9.17) is 0 Å². The number of carbonyl (C=O) groups excluding carboxylic acids is 1. The second kappa shape index (κ2) is 9.13. The van der Waals surface area contributed by atoms with Crippen LogP contribution in [0.5, 0.6) is 0 Å². The molecule has 0 aliphatic heterocycles. The van der Waals surface area contributed by atoms with Gasteiger partial charge in [-0.15, -0.1) is 0 Å². The van der Waals surface area contributed by atoms with Crippen molar-refractivity contribution in [2.75, 3.05) is 17.1 Å². The lowest BCUT2D eigenvalue weighted by Crippen LogP contribution is -2.42. The summed E-state index contributed by atoms with van der Waals surface area (Å²) in [6.07, 6.45) is 1.12. The van der Waals surface area contributed by atoms with Gasteiger partial charge in [-0.3, -0.25) is 9.10 Å². The molecule has 0 aliphatic carbocycles. The predicted octanol–water partition coefficient (Wildman–Crippen LogP) is 3.98. The minimum Gasteiger partial charge on any atom is -0.344 e. The lowest BCUT2D eigenvalue weighted by molar-refractivity contribution is -0.120. The zero-order valence-corrected chi connectivity index (χ0v) is 18.2. The number of amides is 1. The molecular weight excluding hydrogens is 396 g/mol. The Morgan fingerprint density at radius 1 is 0.867 bits per heavy atom. The Morgan fingerprint density at radius 3 is 1.90 bits per heavy atom. The fraction of sp³-hybridized carbons (Fsp3) is 0.208. The molecule has 5 nitrogen and oxygen atoms in total. The minimum absolute atomic E-state index is 0.292. The predicted molar refractivity (Wildman–Crippen MR) is 121 cm³/mol. The highest BCUT2D eigenvalue weighted by Crippen LogP contribution is 2.26. The van der Waals surface area contributed by atoms with Gasteiger partial charge in [-0.25, -0.2) is 8.42 Å². The maximum Gasteiger partial charge on any atom is 0.241 e. The van der Waals surface area contributed by atoms with E-state index >= 15 is 0 Å². The number of rotatable bonds is 7. The molecule has 0 radical (unpaired) electrons. The van der Waals surface area contributed by atoms with Gasteiger partial charge in [0.05, 0.1) is 18.0 Å². The molecule has 156 valence electrons. The number of anilines is 1. The molecule has 0 spiro atoms. The third-order valence-electron chi connectivity index (χ3n) is 5.10. The Kier molecular flexibility index (Phi) is 6.57. The number of carbonyl (C=O) groups is 1. The second-order valence-corrected chi connectivity index (χ2v) is 9.22. The topological polar surface area (TPSA) is 66.5 Å². The highest BCUT2D eigenvalue weighted by molar-refractivity contribution is 7.92. The summed E-state index contributed by atoms with van der Waals surface area (Å²) in [7, 11) is -3.64. The van der Waals surface area contributed by atoms with Gasteiger partial charge in [0.15, 0.2) is 0 Å². The highest BCUT2D eigenvalue weighted by atomic mass is 32.2. The average Bonchev–Trinajstić information content (AvgIpc) is 2.73. The molecule has 3 aromatic rings. The molecule has 0 saturated heterocycles. The summed E-state index contributed by atoms with van der Waals surface area (Å²) >= 11 is 0. The van der Waals surface area contributed by atoms with Gasteiger partial charge >= 0.3 is 0 Å².